The van der Waals surface area contributed by atoms with E-state index in [0.717, 1.165) is 38.9 Å². The molecule has 0 atom stereocenters. The summed E-state index contributed by atoms with van der Waals surface area (Å²) >= 11 is 0. The number of fused-ring (bicyclic) bond motifs is 3. The van der Waals surface area contributed by atoms with Gasteiger partial charge in [0.2, 0.25) is 0 Å². The molecule has 1 aromatic rings. The molecular formula is C22H29FN2O4. The fraction of sp³-hybridized carbons (Fsp3) is 0.636. The van der Waals surface area contributed by atoms with Crippen molar-refractivity contribution in [2.45, 2.75) is 51.0 Å². The van der Waals surface area contributed by atoms with Gasteiger partial charge in [0, 0.05) is 17.0 Å². The first kappa shape index (κ1) is 20.1. The van der Waals surface area contributed by atoms with E-state index < -0.39 is 11.8 Å². The molecule has 3 heterocycles. The lowest BCUT2D eigenvalue weighted by atomic mass is 9.73. The van der Waals surface area contributed by atoms with Gasteiger partial charge in [-0.2, -0.15) is 0 Å². The van der Waals surface area contributed by atoms with Crippen molar-refractivity contribution in [3.05, 3.63) is 29.6 Å². The van der Waals surface area contributed by atoms with Crippen LogP contribution in [0.3, 0.4) is 0 Å². The highest BCUT2D eigenvalue weighted by molar-refractivity contribution is 5.94. The molecule has 1 amide bonds. The number of ether oxygens (including phenoxy) is 1. The zero-order valence-corrected chi connectivity index (χ0v) is 16.7. The maximum absolute atomic E-state index is 14.5. The van der Waals surface area contributed by atoms with E-state index in [1.807, 2.05) is 0 Å². The molecule has 2 bridgehead atoms. The number of nitrogens with one attached hydrogen (secondary N) is 1. The Balaban J connectivity index is 1.31. The molecular weight excluding hydrogens is 375 g/mol. The van der Waals surface area contributed by atoms with Crippen LogP contribution in [-0.2, 0) is 4.79 Å². The molecule has 3 saturated heterocycles. The molecule has 1 saturated carbocycles. The lowest BCUT2D eigenvalue weighted by molar-refractivity contribution is -0.142. The molecule has 3 aliphatic heterocycles. The summed E-state index contributed by atoms with van der Waals surface area (Å²) in [5, 5.41) is 12.0. The lowest BCUT2D eigenvalue weighted by Crippen LogP contribution is -2.50. The predicted octanol–water partition coefficient (Wildman–Crippen LogP) is 3.06. The van der Waals surface area contributed by atoms with E-state index in [1.165, 1.54) is 6.07 Å². The third kappa shape index (κ3) is 4.55. The molecule has 7 heteroatoms. The Morgan fingerprint density at radius 2 is 1.79 bits per heavy atom. The van der Waals surface area contributed by atoms with Crippen LogP contribution in [0, 0.1) is 17.2 Å². The minimum Gasteiger partial charge on any atom is -0.490 e. The number of nitrogens with zero attached hydrogens (tertiary/aromatic N) is 1. The van der Waals surface area contributed by atoms with Gasteiger partial charge in [-0.3, -0.25) is 9.59 Å². The predicted molar refractivity (Wildman–Crippen MR) is 105 cm³/mol. The van der Waals surface area contributed by atoms with E-state index in [1.54, 1.807) is 12.1 Å². The molecule has 158 valence electrons. The van der Waals surface area contributed by atoms with E-state index in [2.05, 4.69) is 10.2 Å². The van der Waals surface area contributed by atoms with Crippen LogP contribution in [0.15, 0.2) is 18.2 Å². The smallest absolute Gasteiger partial charge is 0.306 e. The van der Waals surface area contributed by atoms with Gasteiger partial charge in [-0.15, -0.1) is 0 Å². The summed E-state index contributed by atoms with van der Waals surface area (Å²) in [7, 11) is 0. The molecule has 0 radical (unpaired) electrons. The number of halogens is 1. The second kappa shape index (κ2) is 8.30. The van der Waals surface area contributed by atoms with E-state index in [9.17, 15) is 14.0 Å². The van der Waals surface area contributed by atoms with E-state index in [0.29, 0.717) is 32.3 Å². The van der Waals surface area contributed by atoms with Crippen molar-refractivity contribution in [2.24, 2.45) is 11.3 Å². The van der Waals surface area contributed by atoms with Gasteiger partial charge in [0.15, 0.2) is 11.6 Å². The van der Waals surface area contributed by atoms with Gasteiger partial charge < -0.3 is 20.1 Å². The van der Waals surface area contributed by atoms with Crippen molar-refractivity contribution in [1.82, 2.24) is 10.2 Å². The number of carbonyl (C=O) groups is 2. The molecule has 0 spiro atoms. The Bertz CT molecular complexity index is 754. The van der Waals surface area contributed by atoms with Crippen molar-refractivity contribution in [3.63, 3.8) is 0 Å². The maximum Gasteiger partial charge on any atom is 0.306 e. The number of carboxylic acids is 1. The fourth-order valence-corrected chi connectivity index (χ4v) is 4.86. The average Bonchev–Trinajstić information content (AvgIpc) is 2.74. The number of amides is 1. The van der Waals surface area contributed by atoms with Crippen molar-refractivity contribution >= 4 is 11.9 Å². The summed E-state index contributed by atoms with van der Waals surface area (Å²) in [5.74, 6) is -1.74. The molecule has 1 aromatic carbocycles. The first-order valence-corrected chi connectivity index (χ1v) is 10.6. The first-order valence-electron chi connectivity index (χ1n) is 10.6. The normalized spacial score (nSPS) is 31.3. The average molecular weight is 404 g/mol. The summed E-state index contributed by atoms with van der Waals surface area (Å²) in [4.78, 5) is 25.9. The van der Waals surface area contributed by atoms with Crippen LogP contribution in [0.25, 0.3) is 0 Å². The number of carboxylic acid groups (broad SMARTS) is 1. The van der Waals surface area contributed by atoms with Crippen LogP contribution < -0.4 is 10.1 Å². The second-order valence-electron chi connectivity index (χ2n) is 8.89. The summed E-state index contributed by atoms with van der Waals surface area (Å²) in [6.07, 6.45) is 5.66. The third-order valence-electron chi connectivity index (χ3n) is 7.01. The molecule has 1 aliphatic carbocycles. The van der Waals surface area contributed by atoms with Gasteiger partial charge in [0.25, 0.3) is 5.91 Å². The molecule has 0 unspecified atom stereocenters. The standard InChI is InChI=1S/C22H29FN2O4/c23-18-13-16(20(26)24-17-4-1-15(2-5-17)21(27)28)3-6-19(18)29-14-22-7-10-25(11-8-22)12-9-22/h3,6,13,15,17H,1-2,4-5,7-12,14H2,(H,24,26)(H,27,28). The van der Waals surface area contributed by atoms with Gasteiger partial charge in [0.05, 0.1) is 12.5 Å². The number of rotatable bonds is 6. The Morgan fingerprint density at radius 1 is 1.14 bits per heavy atom. The van der Waals surface area contributed by atoms with Crippen molar-refractivity contribution < 1.29 is 23.8 Å². The van der Waals surface area contributed by atoms with Gasteiger partial charge in [0.1, 0.15) is 0 Å². The quantitative estimate of drug-likeness (QED) is 0.762. The molecule has 5 rings (SSSR count). The van der Waals surface area contributed by atoms with Crippen LogP contribution >= 0.6 is 0 Å². The number of hydrogen-bond acceptors (Lipinski definition) is 4. The fourth-order valence-electron chi connectivity index (χ4n) is 4.86. The van der Waals surface area contributed by atoms with Crippen LogP contribution in [0.1, 0.15) is 55.3 Å². The largest absolute Gasteiger partial charge is 0.490 e. The Labute approximate surface area is 170 Å². The molecule has 2 N–H and O–H groups in total. The van der Waals surface area contributed by atoms with Gasteiger partial charge in [-0.05, 0) is 82.8 Å². The van der Waals surface area contributed by atoms with Crippen molar-refractivity contribution in [2.75, 3.05) is 26.2 Å². The highest BCUT2D eigenvalue weighted by Crippen LogP contribution is 2.40. The van der Waals surface area contributed by atoms with E-state index >= 15 is 0 Å². The van der Waals surface area contributed by atoms with Crippen molar-refractivity contribution in [1.29, 1.82) is 0 Å². The molecule has 29 heavy (non-hydrogen) atoms. The number of hydrogen-bond donors (Lipinski definition) is 2. The van der Waals surface area contributed by atoms with Crippen LogP contribution in [0.5, 0.6) is 5.75 Å². The van der Waals surface area contributed by atoms with E-state index in [4.69, 9.17) is 9.84 Å². The summed E-state index contributed by atoms with van der Waals surface area (Å²) < 4.78 is 20.4. The van der Waals surface area contributed by atoms with Gasteiger partial charge in [-0.25, -0.2) is 4.39 Å². The number of carbonyl (C=O) groups excluding carboxylic acids is 1. The summed E-state index contributed by atoms with van der Waals surface area (Å²) in [5.41, 5.74) is 0.422. The molecule has 4 fully saturated rings. The molecule has 4 aliphatic rings. The van der Waals surface area contributed by atoms with Gasteiger partial charge in [-0.1, -0.05) is 0 Å². The highest BCUT2D eigenvalue weighted by atomic mass is 19.1. The topological polar surface area (TPSA) is 78.9 Å². The summed E-state index contributed by atoms with van der Waals surface area (Å²) in [6, 6.07) is 4.31. The Kier molecular flexibility index (Phi) is 5.76. The van der Waals surface area contributed by atoms with Crippen LogP contribution in [-0.4, -0.2) is 54.2 Å². The monoisotopic (exact) mass is 404 g/mol. The number of aliphatic carboxylic acids is 1. The minimum atomic E-state index is -0.772. The lowest BCUT2D eigenvalue weighted by Gasteiger charge is -2.48. The SMILES string of the molecule is O=C(NC1CCC(C(=O)O)CC1)c1ccc(OCC23CCN(CC2)CC3)c(F)c1. The third-order valence-corrected chi connectivity index (χ3v) is 7.01. The Morgan fingerprint density at radius 3 is 2.38 bits per heavy atom. The molecule has 6 nitrogen and oxygen atoms in total. The second-order valence-corrected chi connectivity index (χ2v) is 8.89. The van der Waals surface area contributed by atoms with Crippen LogP contribution in [0.2, 0.25) is 0 Å². The zero-order chi connectivity index (χ0) is 20.4. The van der Waals surface area contributed by atoms with Gasteiger partial charge >= 0.3 is 5.97 Å². The number of benzene rings is 1. The zero-order valence-electron chi connectivity index (χ0n) is 16.7. The minimum absolute atomic E-state index is 0.0617. The first-order chi connectivity index (χ1) is 13.9. The van der Waals surface area contributed by atoms with Crippen molar-refractivity contribution in [3.8, 4) is 5.75 Å². The maximum atomic E-state index is 14.5. The van der Waals surface area contributed by atoms with Crippen LogP contribution in [0.4, 0.5) is 4.39 Å². The Hall–Kier alpha value is -2.15. The summed E-state index contributed by atoms with van der Waals surface area (Å²) in [6.45, 7) is 3.81. The highest BCUT2D eigenvalue weighted by Gasteiger charge is 2.40. The molecule has 0 aromatic heterocycles. The van der Waals surface area contributed by atoms with E-state index in [-0.39, 0.29) is 34.6 Å². The number of piperidine rings is 3.